The summed E-state index contributed by atoms with van der Waals surface area (Å²) >= 11 is 12.4. The molecule has 20 heavy (non-hydrogen) atoms. The number of nitrogens with two attached hydrogens (primary N) is 1. The van der Waals surface area contributed by atoms with Gasteiger partial charge in [-0.15, -0.1) is 0 Å². The summed E-state index contributed by atoms with van der Waals surface area (Å²) in [5.74, 6) is -0.386. The standard InChI is InChI=1S/C15H15Cl2FN2/c1-2-15(19,14-7-6-10(18)9-20-14)8-11-12(16)4-3-5-13(11)17/h3-7,9H,2,8,19H2,1H3. The van der Waals surface area contributed by atoms with Crippen LogP contribution in [0.2, 0.25) is 10.0 Å². The summed E-state index contributed by atoms with van der Waals surface area (Å²) in [6.07, 6.45) is 2.24. The molecular weight excluding hydrogens is 298 g/mol. The lowest BCUT2D eigenvalue weighted by molar-refractivity contribution is 0.411. The van der Waals surface area contributed by atoms with Crippen LogP contribution in [0, 0.1) is 5.82 Å². The first kappa shape index (κ1) is 15.2. The summed E-state index contributed by atoms with van der Waals surface area (Å²) in [4.78, 5) is 4.09. The molecule has 2 rings (SSSR count). The maximum Gasteiger partial charge on any atom is 0.141 e. The summed E-state index contributed by atoms with van der Waals surface area (Å²) < 4.78 is 13.0. The van der Waals surface area contributed by atoms with Crippen LogP contribution in [-0.4, -0.2) is 4.98 Å². The molecule has 0 fully saturated rings. The van der Waals surface area contributed by atoms with Crippen LogP contribution in [0.25, 0.3) is 0 Å². The van der Waals surface area contributed by atoms with Crippen molar-refractivity contribution in [1.29, 1.82) is 0 Å². The molecule has 2 aromatic rings. The van der Waals surface area contributed by atoms with Gasteiger partial charge >= 0.3 is 0 Å². The molecule has 1 aromatic heterocycles. The lowest BCUT2D eigenvalue weighted by atomic mass is 9.85. The van der Waals surface area contributed by atoms with Gasteiger partial charge in [-0.05, 0) is 42.7 Å². The molecule has 2 N–H and O–H groups in total. The molecule has 0 radical (unpaired) electrons. The van der Waals surface area contributed by atoms with Crippen molar-refractivity contribution < 1.29 is 4.39 Å². The Morgan fingerprint density at radius 2 is 1.85 bits per heavy atom. The van der Waals surface area contributed by atoms with Crippen molar-refractivity contribution in [3.05, 3.63) is 63.6 Å². The van der Waals surface area contributed by atoms with Crippen LogP contribution in [0.5, 0.6) is 0 Å². The normalized spacial score (nSPS) is 14.1. The van der Waals surface area contributed by atoms with Crippen LogP contribution in [0.3, 0.4) is 0 Å². The number of hydrogen-bond donors (Lipinski definition) is 1. The number of hydrogen-bond acceptors (Lipinski definition) is 2. The molecule has 1 atom stereocenters. The van der Waals surface area contributed by atoms with Crippen LogP contribution in [0.1, 0.15) is 24.6 Å². The molecule has 0 saturated heterocycles. The lowest BCUT2D eigenvalue weighted by Gasteiger charge is -2.28. The topological polar surface area (TPSA) is 38.9 Å². The molecule has 5 heteroatoms. The largest absolute Gasteiger partial charge is 0.320 e. The Hall–Kier alpha value is -1.16. The summed E-state index contributed by atoms with van der Waals surface area (Å²) in [6, 6.07) is 8.29. The Bertz CT molecular complexity index is 581. The van der Waals surface area contributed by atoms with Crippen molar-refractivity contribution in [1.82, 2.24) is 4.98 Å². The van der Waals surface area contributed by atoms with Crippen molar-refractivity contribution in [3.8, 4) is 0 Å². The molecule has 106 valence electrons. The van der Waals surface area contributed by atoms with E-state index in [1.54, 1.807) is 24.3 Å². The van der Waals surface area contributed by atoms with E-state index in [9.17, 15) is 4.39 Å². The fourth-order valence-electron chi connectivity index (χ4n) is 2.08. The molecular formula is C15H15Cl2FN2. The summed E-state index contributed by atoms with van der Waals surface area (Å²) in [5, 5.41) is 1.14. The van der Waals surface area contributed by atoms with Gasteiger partial charge in [0.25, 0.3) is 0 Å². The zero-order valence-corrected chi connectivity index (χ0v) is 12.5. The van der Waals surface area contributed by atoms with Crippen LogP contribution >= 0.6 is 23.2 Å². The molecule has 0 bridgehead atoms. The van der Waals surface area contributed by atoms with E-state index < -0.39 is 5.54 Å². The van der Waals surface area contributed by atoms with Gasteiger partial charge in [0.05, 0.1) is 17.4 Å². The fraction of sp³-hybridized carbons (Fsp3) is 0.267. The Morgan fingerprint density at radius 3 is 2.35 bits per heavy atom. The minimum atomic E-state index is -0.734. The Morgan fingerprint density at radius 1 is 1.20 bits per heavy atom. The van der Waals surface area contributed by atoms with E-state index in [2.05, 4.69) is 4.98 Å². The molecule has 0 aliphatic carbocycles. The highest BCUT2D eigenvalue weighted by Gasteiger charge is 2.29. The molecule has 1 aromatic carbocycles. The van der Waals surface area contributed by atoms with Gasteiger partial charge in [0.15, 0.2) is 0 Å². The van der Waals surface area contributed by atoms with Crippen LogP contribution in [0.15, 0.2) is 36.5 Å². The molecule has 1 unspecified atom stereocenters. The number of nitrogens with zero attached hydrogens (tertiary/aromatic N) is 1. The van der Waals surface area contributed by atoms with E-state index >= 15 is 0 Å². The van der Waals surface area contributed by atoms with E-state index in [-0.39, 0.29) is 5.82 Å². The highest BCUT2D eigenvalue weighted by Crippen LogP contribution is 2.32. The SMILES string of the molecule is CCC(N)(Cc1c(Cl)cccc1Cl)c1ccc(F)cn1. The molecule has 0 aliphatic rings. The van der Waals surface area contributed by atoms with Gasteiger partial charge in [-0.25, -0.2) is 4.39 Å². The van der Waals surface area contributed by atoms with Crippen LogP contribution in [0.4, 0.5) is 4.39 Å². The zero-order chi connectivity index (χ0) is 14.8. The maximum atomic E-state index is 13.0. The van der Waals surface area contributed by atoms with Crippen molar-refractivity contribution in [2.45, 2.75) is 25.3 Å². The monoisotopic (exact) mass is 312 g/mol. The average Bonchev–Trinajstić information content (AvgIpc) is 2.43. The smallest absolute Gasteiger partial charge is 0.141 e. The van der Waals surface area contributed by atoms with E-state index in [1.807, 2.05) is 6.92 Å². The van der Waals surface area contributed by atoms with Gasteiger partial charge in [0, 0.05) is 10.0 Å². The van der Waals surface area contributed by atoms with E-state index in [4.69, 9.17) is 28.9 Å². The van der Waals surface area contributed by atoms with Crippen molar-refractivity contribution >= 4 is 23.2 Å². The fourth-order valence-corrected chi connectivity index (χ4v) is 2.61. The average molecular weight is 313 g/mol. The van der Waals surface area contributed by atoms with Gasteiger partial charge < -0.3 is 5.73 Å². The van der Waals surface area contributed by atoms with Gasteiger partial charge in [-0.2, -0.15) is 0 Å². The first-order valence-corrected chi connectivity index (χ1v) is 7.05. The second-order valence-corrected chi connectivity index (χ2v) is 5.56. The zero-order valence-electron chi connectivity index (χ0n) is 11.0. The third-order valence-corrected chi connectivity index (χ3v) is 4.13. The predicted octanol–water partition coefficient (Wildman–Crippen LogP) is 4.33. The second-order valence-electron chi connectivity index (χ2n) is 4.75. The van der Waals surface area contributed by atoms with Crippen molar-refractivity contribution in [2.24, 2.45) is 5.73 Å². The number of aromatic nitrogens is 1. The van der Waals surface area contributed by atoms with Gasteiger partial charge in [0.2, 0.25) is 0 Å². The summed E-state index contributed by atoms with van der Waals surface area (Å²) in [5.41, 5.74) is 7.11. The summed E-state index contributed by atoms with van der Waals surface area (Å²) in [7, 11) is 0. The van der Waals surface area contributed by atoms with E-state index in [0.29, 0.717) is 28.6 Å². The van der Waals surface area contributed by atoms with E-state index in [1.165, 1.54) is 12.3 Å². The van der Waals surface area contributed by atoms with Crippen LogP contribution < -0.4 is 5.73 Å². The second kappa shape index (κ2) is 6.08. The van der Waals surface area contributed by atoms with Crippen LogP contribution in [-0.2, 0) is 12.0 Å². The third kappa shape index (κ3) is 3.11. The summed E-state index contributed by atoms with van der Waals surface area (Å²) in [6.45, 7) is 1.95. The molecule has 2 nitrogen and oxygen atoms in total. The number of pyridine rings is 1. The highest BCUT2D eigenvalue weighted by molar-refractivity contribution is 6.36. The minimum absolute atomic E-state index is 0.386. The predicted molar refractivity (Wildman–Crippen MR) is 80.5 cm³/mol. The highest BCUT2D eigenvalue weighted by atomic mass is 35.5. The molecule has 0 amide bonds. The first-order valence-electron chi connectivity index (χ1n) is 6.30. The Balaban J connectivity index is 2.39. The Labute approximate surface area is 127 Å². The van der Waals surface area contributed by atoms with Crippen molar-refractivity contribution in [3.63, 3.8) is 0 Å². The number of halogens is 3. The molecule has 0 saturated carbocycles. The first-order chi connectivity index (χ1) is 9.46. The number of rotatable bonds is 4. The lowest BCUT2D eigenvalue weighted by Crippen LogP contribution is -2.39. The Kier molecular flexibility index (Phi) is 4.63. The molecule has 0 spiro atoms. The van der Waals surface area contributed by atoms with E-state index in [0.717, 1.165) is 5.56 Å². The van der Waals surface area contributed by atoms with Gasteiger partial charge in [0.1, 0.15) is 5.82 Å². The van der Waals surface area contributed by atoms with Gasteiger partial charge in [-0.1, -0.05) is 36.2 Å². The maximum absolute atomic E-state index is 13.0. The quantitative estimate of drug-likeness (QED) is 0.912. The van der Waals surface area contributed by atoms with Gasteiger partial charge in [-0.3, -0.25) is 4.98 Å². The third-order valence-electron chi connectivity index (χ3n) is 3.42. The molecule has 0 aliphatic heterocycles. The van der Waals surface area contributed by atoms with Crippen molar-refractivity contribution in [2.75, 3.05) is 0 Å². The molecule has 1 heterocycles. The minimum Gasteiger partial charge on any atom is -0.320 e. The number of benzene rings is 1.